The molecule has 2 aromatic rings. The number of hydrazone groups is 1. The number of nitrogens with two attached hydrogens (primary N) is 1. The summed E-state index contributed by atoms with van der Waals surface area (Å²) in [6.45, 7) is 7.00. The second-order valence-corrected chi connectivity index (χ2v) is 2.49. The Balaban J connectivity index is 0.000000509. The Morgan fingerprint density at radius 1 is 1.31 bits per heavy atom. The molecule has 0 spiro atoms. The van der Waals surface area contributed by atoms with E-state index in [0.29, 0.717) is 0 Å². The molecular weight excluding hydrogens is 204 g/mol. The molecule has 6 nitrogen and oxygen atoms in total. The highest BCUT2D eigenvalue weighted by Crippen LogP contribution is 2.10. The summed E-state index contributed by atoms with van der Waals surface area (Å²) in [5, 5.41) is 24.3. The van der Waals surface area contributed by atoms with Gasteiger partial charge in [0.15, 0.2) is 0 Å². The zero-order valence-corrected chi connectivity index (χ0v) is 8.41. The van der Waals surface area contributed by atoms with Gasteiger partial charge in [-0.15, -0.1) is 0 Å². The fraction of sp³-hybridized carbons (Fsp3) is 0. The second-order valence-electron chi connectivity index (χ2n) is 2.49. The summed E-state index contributed by atoms with van der Waals surface area (Å²) >= 11 is 0. The first-order valence-corrected chi connectivity index (χ1v) is 4.08. The molecule has 0 aliphatic heterocycles. The Hall–Kier alpha value is -2.86. The lowest BCUT2D eigenvalue weighted by atomic mass is 10.2. The molecule has 1 aromatic heterocycles. The second kappa shape index (κ2) is 7.54. The summed E-state index contributed by atoms with van der Waals surface area (Å²) in [7, 11) is 0. The van der Waals surface area contributed by atoms with Crippen LogP contribution in [0.4, 0.5) is 0 Å². The average Bonchev–Trinajstić information content (AvgIpc) is 2.82. The van der Waals surface area contributed by atoms with Gasteiger partial charge in [0.05, 0.1) is 17.9 Å². The number of hydrogen-bond acceptors (Lipinski definition) is 5. The first-order valence-electron chi connectivity index (χ1n) is 4.08. The van der Waals surface area contributed by atoms with Crippen LogP contribution in [-0.2, 0) is 0 Å². The highest BCUT2D eigenvalue weighted by molar-refractivity contribution is 5.87. The van der Waals surface area contributed by atoms with Crippen LogP contribution in [0.25, 0.3) is 10.9 Å². The van der Waals surface area contributed by atoms with Gasteiger partial charge < -0.3 is 5.84 Å². The number of nitrogens with zero attached hydrogens (tertiary/aromatic N) is 4. The van der Waals surface area contributed by atoms with Crippen molar-refractivity contribution in [2.45, 2.75) is 0 Å². The van der Waals surface area contributed by atoms with Gasteiger partial charge in [0.25, 0.3) is 0 Å². The predicted molar refractivity (Wildman–Crippen MR) is 61.2 cm³/mol. The third-order valence-electron chi connectivity index (χ3n) is 1.69. The van der Waals surface area contributed by atoms with E-state index in [9.17, 15) is 0 Å². The number of H-pyrrole nitrogens is 1. The predicted octanol–water partition coefficient (Wildman–Crippen LogP) is 1.14. The molecule has 2 rings (SSSR count). The maximum absolute atomic E-state index is 6.50. The van der Waals surface area contributed by atoms with Gasteiger partial charge in [-0.1, -0.05) is 12.1 Å². The molecule has 3 N–H and O–H groups in total. The number of benzene rings is 1. The van der Waals surface area contributed by atoms with Crippen molar-refractivity contribution in [1.82, 2.24) is 10.2 Å². The van der Waals surface area contributed by atoms with Gasteiger partial charge in [-0.3, -0.25) is 5.10 Å². The molecule has 0 aliphatic carbocycles. The summed E-state index contributed by atoms with van der Waals surface area (Å²) < 4.78 is 0. The van der Waals surface area contributed by atoms with Crippen LogP contribution >= 0.6 is 0 Å². The Bertz CT molecular complexity index is 487. The summed E-state index contributed by atoms with van der Waals surface area (Å²) in [4.78, 5) is 0. The third kappa shape index (κ3) is 3.13. The third-order valence-corrected chi connectivity index (χ3v) is 1.69. The van der Waals surface area contributed by atoms with Gasteiger partial charge in [0.2, 0.25) is 0 Å². The molecule has 1 heterocycles. The average molecular weight is 214 g/mol. The van der Waals surface area contributed by atoms with Crippen LogP contribution in [0.15, 0.2) is 29.5 Å². The van der Waals surface area contributed by atoms with Crippen LogP contribution in [0.2, 0.25) is 0 Å². The van der Waals surface area contributed by atoms with Gasteiger partial charge in [-0.2, -0.15) is 10.2 Å². The molecular formula is C10H10N6. The fourth-order valence-electron chi connectivity index (χ4n) is 1.12. The first kappa shape index (κ1) is 13.1. The Morgan fingerprint density at radius 3 is 2.62 bits per heavy atom. The molecule has 0 fully saturated rings. The van der Waals surface area contributed by atoms with Gasteiger partial charge >= 0.3 is 0 Å². The van der Waals surface area contributed by atoms with E-state index < -0.39 is 0 Å². The monoisotopic (exact) mass is 214 g/mol. The number of rotatable bonds is 1. The van der Waals surface area contributed by atoms with Gasteiger partial charge in [0.1, 0.15) is 0 Å². The maximum Gasteiger partial charge on any atom is 0.0656 e. The normalized spacial score (nSPS) is 8.75. The van der Waals surface area contributed by atoms with Gasteiger partial charge in [-0.25, -0.2) is 10.5 Å². The standard InChI is InChI=1S/C8H8N4.2CHN/c9-10-4-6-1-2-7-5-11-12-8(7)3-6;2*1-2/h1-5H,9H2,(H,11,12);2*1H. The minimum Gasteiger partial charge on any atom is -0.323 e. The Morgan fingerprint density at radius 2 is 2.00 bits per heavy atom. The molecule has 6 heteroatoms. The van der Waals surface area contributed by atoms with Crippen molar-refractivity contribution in [2.75, 3.05) is 0 Å². The maximum atomic E-state index is 6.50. The number of nitriles is 2. The number of fused-ring (bicyclic) bond motifs is 1. The zero-order chi connectivity index (χ0) is 12.4. The molecule has 0 saturated heterocycles. The van der Waals surface area contributed by atoms with Crippen LogP contribution in [0, 0.1) is 23.7 Å². The quantitative estimate of drug-likeness (QED) is 0.420. The van der Waals surface area contributed by atoms with E-state index >= 15 is 0 Å². The topological polar surface area (TPSA) is 115 Å². The minimum absolute atomic E-state index is 0.967. The number of hydrogen-bond donors (Lipinski definition) is 2. The van der Waals surface area contributed by atoms with E-state index in [2.05, 4.69) is 28.4 Å². The van der Waals surface area contributed by atoms with Crippen molar-refractivity contribution in [3.63, 3.8) is 0 Å². The van der Waals surface area contributed by atoms with Crippen LogP contribution in [-0.4, -0.2) is 16.4 Å². The smallest absolute Gasteiger partial charge is 0.0656 e. The molecule has 0 unspecified atom stereocenters. The Labute approximate surface area is 92.6 Å². The number of nitrogens with one attached hydrogen (secondary N) is 1. The largest absolute Gasteiger partial charge is 0.323 e. The minimum atomic E-state index is 0.967. The molecule has 80 valence electrons. The van der Waals surface area contributed by atoms with Crippen molar-refractivity contribution >= 4 is 17.1 Å². The lowest BCUT2D eigenvalue weighted by Crippen LogP contribution is -1.85. The van der Waals surface area contributed by atoms with Crippen molar-refractivity contribution in [1.29, 1.82) is 10.5 Å². The van der Waals surface area contributed by atoms with Crippen LogP contribution in [0.3, 0.4) is 0 Å². The van der Waals surface area contributed by atoms with Crippen LogP contribution in [0.5, 0.6) is 0 Å². The van der Waals surface area contributed by atoms with Crippen molar-refractivity contribution in [3.05, 3.63) is 30.0 Å². The lowest BCUT2D eigenvalue weighted by Gasteiger charge is -1.90. The molecule has 0 aliphatic rings. The summed E-state index contributed by atoms with van der Waals surface area (Å²) in [5.41, 5.74) is 1.96. The molecule has 0 amide bonds. The van der Waals surface area contributed by atoms with E-state index in [4.69, 9.17) is 16.4 Å². The molecule has 16 heavy (non-hydrogen) atoms. The van der Waals surface area contributed by atoms with Gasteiger partial charge in [-0.05, 0) is 11.6 Å². The van der Waals surface area contributed by atoms with E-state index in [1.165, 1.54) is 0 Å². The highest BCUT2D eigenvalue weighted by atomic mass is 15.1. The first-order chi connectivity index (χ1) is 7.90. The van der Waals surface area contributed by atoms with Crippen molar-refractivity contribution in [2.24, 2.45) is 10.9 Å². The molecule has 0 radical (unpaired) electrons. The molecule has 0 saturated carbocycles. The van der Waals surface area contributed by atoms with Gasteiger partial charge in [0, 0.05) is 18.5 Å². The summed E-state index contributed by atoms with van der Waals surface area (Å²) in [6, 6.07) is 5.85. The lowest BCUT2D eigenvalue weighted by molar-refractivity contribution is 1.12. The highest BCUT2D eigenvalue weighted by Gasteiger charge is 1.94. The Kier molecular flexibility index (Phi) is 6.19. The van der Waals surface area contributed by atoms with E-state index in [0.717, 1.165) is 16.5 Å². The van der Waals surface area contributed by atoms with Crippen LogP contribution < -0.4 is 5.84 Å². The fourth-order valence-corrected chi connectivity index (χ4v) is 1.12. The molecule has 1 aromatic carbocycles. The van der Waals surface area contributed by atoms with E-state index in [-0.39, 0.29) is 0 Å². The van der Waals surface area contributed by atoms with Crippen molar-refractivity contribution < 1.29 is 0 Å². The zero-order valence-electron chi connectivity index (χ0n) is 8.41. The van der Waals surface area contributed by atoms with E-state index in [1.54, 1.807) is 12.4 Å². The molecule has 0 bridgehead atoms. The van der Waals surface area contributed by atoms with Crippen molar-refractivity contribution in [3.8, 4) is 13.1 Å². The van der Waals surface area contributed by atoms with Crippen LogP contribution in [0.1, 0.15) is 5.56 Å². The summed E-state index contributed by atoms with van der Waals surface area (Å²) in [5.74, 6) is 5.02. The number of aromatic nitrogens is 2. The molecule has 0 atom stereocenters. The summed E-state index contributed by atoms with van der Waals surface area (Å²) in [6.07, 6.45) is 3.37. The number of aromatic amines is 1. The van der Waals surface area contributed by atoms with E-state index in [1.807, 2.05) is 18.2 Å². The SMILES string of the molecule is C#N.C#N.NN=Cc1ccc2cn[nH]c2c1.